The Morgan fingerprint density at radius 2 is 1.60 bits per heavy atom. The summed E-state index contributed by atoms with van der Waals surface area (Å²) in [5, 5.41) is 1.33. The van der Waals surface area contributed by atoms with E-state index >= 15 is 0 Å². The molecule has 0 aliphatic carbocycles. The normalized spacial score (nSPS) is 18.0. The maximum absolute atomic E-state index is 13.0. The zero-order valence-corrected chi connectivity index (χ0v) is 14.4. The molecular weight excluding hydrogens is 312 g/mol. The van der Waals surface area contributed by atoms with Crippen LogP contribution in [0.25, 0.3) is 21.8 Å². The highest BCUT2D eigenvalue weighted by atomic mass is 16.2. The lowest BCUT2D eigenvalue weighted by atomic mass is 10.0. The lowest BCUT2D eigenvalue weighted by molar-refractivity contribution is -0.134. The standard InChI is InChI=1S/C21H22N2O2/c1-15-8-6-7-13-22(15)20(24)14-23-18-11-4-2-9-16(18)21(25)17-10-3-5-12-19(17)23/h2-5,9-12,15H,6-8,13-14H2,1H3/t15-/m0/s1. The van der Waals surface area contributed by atoms with Gasteiger partial charge in [-0.3, -0.25) is 9.59 Å². The summed E-state index contributed by atoms with van der Waals surface area (Å²) in [6, 6.07) is 15.4. The van der Waals surface area contributed by atoms with Crippen molar-refractivity contribution in [1.29, 1.82) is 0 Å². The van der Waals surface area contributed by atoms with Crippen LogP contribution in [-0.4, -0.2) is 28.0 Å². The van der Waals surface area contributed by atoms with E-state index in [0.717, 1.165) is 30.4 Å². The third-order valence-electron chi connectivity index (χ3n) is 5.30. The number of hydrogen-bond donors (Lipinski definition) is 0. The zero-order valence-electron chi connectivity index (χ0n) is 14.4. The van der Waals surface area contributed by atoms with Gasteiger partial charge in [-0.2, -0.15) is 0 Å². The van der Waals surface area contributed by atoms with Gasteiger partial charge in [-0.05, 0) is 50.5 Å². The number of benzene rings is 2. The highest BCUT2D eigenvalue weighted by molar-refractivity contribution is 5.94. The van der Waals surface area contributed by atoms with Gasteiger partial charge >= 0.3 is 0 Å². The minimum absolute atomic E-state index is 0.0289. The average Bonchev–Trinajstić information content (AvgIpc) is 2.65. The summed E-state index contributed by atoms with van der Waals surface area (Å²) in [4.78, 5) is 27.7. The van der Waals surface area contributed by atoms with E-state index in [1.807, 2.05) is 58.0 Å². The molecule has 1 fully saturated rings. The second kappa shape index (κ2) is 6.36. The molecule has 0 spiro atoms. The summed E-state index contributed by atoms with van der Waals surface area (Å²) in [6.45, 7) is 3.22. The highest BCUT2D eigenvalue weighted by Gasteiger charge is 2.24. The molecule has 1 atom stereocenters. The fraction of sp³-hybridized carbons (Fsp3) is 0.333. The van der Waals surface area contributed by atoms with Crippen molar-refractivity contribution in [1.82, 2.24) is 9.47 Å². The van der Waals surface area contributed by atoms with Crippen molar-refractivity contribution in [3.63, 3.8) is 0 Å². The number of carbonyl (C=O) groups excluding carboxylic acids is 1. The molecule has 1 aliphatic heterocycles. The Labute approximate surface area is 146 Å². The Kier molecular flexibility index (Phi) is 4.04. The van der Waals surface area contributed by atoms with E-state index in [0.29, 0.717) is 10.8 Å². The van der Waals surface area contributed by atoms with Gasteiger partial charge in [-0.1, -0.05) is 24.3 Å². The third-order valence-corrected chi connectivity index (χ3v) is 5.30. The van der Waals surface area contributed by atoms with Crippen LogP contribution in [0.5, 0.6) is 0 Å². The summed E-state index contributed by atoms with van der Waals surface area (Å²) in [6.07, 6.45) is 3.33. The lowest BCUT2D eigenvalue weighted by Crippen LogP contribution is -2.43. The zero-order chi connectivity index (χ0) is 17.4. The summed E-state index contributed by atoms with van der Waals surface area (Å²) in [7, 11) is 0. The maximum atomic E-state index is 13.0. The van der Waals surface area contributed by atoms with Crippen molar-refractivity contribution in [2.24, 2.45) is 0 Å². The van der Waals surface area contributed by atoms with Crippen LogP contribution < -0.4 is 5.43 Å². The first-order valence-corrected chi connectivity index (χ1v) is 8.96. The van der Waals surface area contributed by atoms with Gasteiger partial charge in [0.25, 0.3) is 0 Å². The molecule has 1 saturated heterocycles. The van der Waals surface area contributed by atoms with Crippen molar-refractivity contribution in [2.45, 2.75) is 38.8 Å². The smallest absolute Gasteiger partial charge is 0.242 e. The minimum Gasteiger partial charge on any atom is -0.338 e. The van der Waals surface area contributed by atoms with Crippen LogP contribution in [0.4, 0.5) is 0 Å². The van der Waals surface area contributed by atoms with E-state index in [2.05, 4.69) is 6.92 Å². The first-order chi connectivity index (χ1) is 12.2. The quantitative estimate of drug-likeness (QED) is 0.673. The van der Waals surface area contributed by atoms with Crippen LogP contribution in [0.15, 0.2) is 53.3 Å². The molecule has 1 aliphatic rings. The van der Waals surface area contributed by atoms with Gasteiger partial charge in [-0.25, -0.2) is 0 Å². The maximum Gasteiger partial charge on any atom is 0.242 e. The Morgan fingerprint density at radius 3 is 2.20 bits per heavy atom. The van der Waals surface area contributed by atoms with E-state index in [1.54, 1.807) is 0 Å². The Hall–Kier alpha value is -2.62. The van der Waals surface area contributed by atoms with E-state index in [4.69, 9.17) is 0 Å². The second-order valence-corrected chi connectivity index (χ2v) is 6.88. The number of rotatable bonds is 2. The molecule has 0 radical (unpaired) electrons. The number of amides is 1. The molecule has 0 saturated carbocycles. The van der Waals surface area contributed by atoms with Gasteiger partial charge in [0.15, 0.2) is 5.43 Å². The van der Waals surface area contributed by atoms with Crippen molar-refractivity contribution in [3.05, 3.63) is 58.8 Å². The SMILES string of the molecule is C[C@H]1CCCCN1C(=O)Cn1c2ccccc2c(=O)c2ccccc21. The Bertz CT molecular complexity index is 946. The first-order valence-electron chi connectivity index (χ1n) is 8.96. The number of carbonyl (C=O) groups is 1. The highest BCUT2D eigenvalue weighted by Crippen LogP contribution is 2.21. The van der Waals surface area contributed by atoms with Crippen molar-refractivity contribution < 1.29 is 4.79 Å². The number of likely N-dealkylation sites (tertiary alicyclic amines) is 1. The molecule has 25 heavy (non-hydrogen) atoms. The number of pyridine rings is 1. The van der Waals surface area contributed by atoms with E-state index in [9.17, 15) is 9.59 Å². The number of aromatic nitrogens is 1. The third kappa shape index (κ3) is 2.72. The molecule has 4 nitrogen and oxygen atoms in total. The molecule has 0 unspecified atom stereocenters. The van der Waals surface area contributed by atoms with Crippen LogP contribution in [0.3, 0.4) is 0 Å². The first kappa shape index (κ1) is 15.9. The molecule has 4 heteroatoms. The van der Waals surface area contributed by atoms with Crippen LogP contribution in [-0.2, 0) is 11.3 Å². The van der Waals surface area contributed by atoms with E-state index in [1.165, 1.54) is 6.42 Å². The van der Waals surface area contributed by atoms with Gasteiger partial charge in [0, 0.05) is 23.4 Å². The van der Waals surface area contributed by atoms with E-state index < -0.39 is 0 Å². The number of para-hydroxylation sites is 2. The predicted molar refractivity (Wildman–Crippen MR) is 101 cm³/mol. The lowest BCUT2D eigenvalue weighted by Gasteiger charge is -2.34. The molecule has 1 amide bonds. The molecule has 3 aromatic rings. The Balaban J connectivity index is 1.86. The predicted octanol–water partition coefficient (Wildman–Crippen LogP) is 3.56. The number of piperidine rings is 1. The van der Waals surface area contributed by atoms with Gasteiger partial charge in [0.2, 0.25) is 5.91 Å². The fourth-order valence-electron chi connectivity index (χ4n) is 3.94. The largest absolute Gasteiger partial charge is 0.338 e. The topological polar surface area (TPSA) is 42.3 Å². The summed E-state index contributed by atoms with van der Waals surface area (Å²) < 4.78 is 2.00. The molecule has 4 rings (SSSR count). The number of fused-ring (bicyclic) bond motifs is 2. The Morgan fingerprint density at radius 1 is 1.00 bits per heavy atom. The van der Waals surface area contributed by atoms with Gasteiger partial charge in [0.1, 0.15) is 6.54 Å². The average molecular weight is 334 g/mol. The van der Waals surface area contributed by atoms with Crippen LogP contribution >= 0.6 is 0 Å². The molecule has 0 bridgehead atoms. The molecule has 1 aromatic heterocycles. The van der Waals surface area contributed by atoms with Crippen LogP contribution in [0, 0.1) is 0 Å². The summed E-state index contributed by atoms with van der Waals surface area (Å²) in [5.74, 6) is 0.131. The van der Waals surface area contributed by atoms with Crippen LogP contribution in [0.2, 0.25) is 0 Å². The molecular formula is C21H22N2O2. The molecule has 2 aromatic carbocycles. The summed E-state index contributed by atoms with van der Waals surface area (Å²) in [5.41, 5.74) is 1.68. The number of hydrogen-bond acceptors (Lipinski definition) is 2. The second-order valence-electron chi connectivity index (χ2n) is 6.88. The summed E-state index contributed by atoms with van der Waals surface area (Å²) >= 11 is 0. The van der Waals surface area contributed by atoms with E-state index in [-0.39, 0.29) is 23.9 Å². The molecule has 128 valence electrons. The van der Waals surface area contributed by atoms with Gasteiger partial charge in [0.05, 0.1) is 11.0 Å². The fourth-order valence-corrected chi connectivity index (χ4v) is 3.94. The molecule has 0 N–H and O–H groups in total. The molecule has 2 heterocycles. The van der Waals surface area contributed by atoms with Gasteiger partial charge in [-0.15, -0.1) is 0 Å². The van der Waals surface area contributed by atoms with Crippen molar-refractivity contribution >= 4 is 27.7 Å². The monoisotopic (exact) mass is 334 g/mol. The van der Waals surface area contributed by atoms with Gasteiger partial charge < -0.3 is 9.47 Å². The van der Waals surface area contributed by atoms with Crippen molar-refractivity contribution in [2.75, 3.05) is 6.54 Å². The van der Waals surface area contributed by atoms with Crippen LogP contribution in [0.1, 0.15) is 26.2 Å². The minimum atomic E-state index is 0.0289. The van der Waals surface area contributed by atoms with Crippen molar-refractivity contribution in [3.8, 4) is 0 Å². The number of nitrogens with zero attached hydrogens (tertiary/aromatic N) is 2.